The highest BCUT2D eigenvalue weighted by Gasteiger charge is 2.13. The zero-order chi connectivity index (χ0) is 10.1. The first-order valence-electron chi connectivity index (χ1n) is 5.02. The molecule has 0 radical (unpaired) electrons. The first-order valence-corrected chi connectivity index (χ1v) is 5.02. The quantitative estimate of drug-likeness (QED) is 0.658. The zero-order valence-electron chi connectivity index (χ0n) is 8.68. The molecule has 2 rings (SSSR count). The van der Waals surface area contributed by atoms with Crippen LogP contribution in [0.5, 0.6) is 0 Å². The molecule has 0 unspecified atom stereocenters. The number of carbonyl (C=O) groups excluding carboxylic acids is 1. The van der Waals surface area contributed by atoms with Gasteiger partial charge in [0.05, 0.1) is 6.42 Å². The summed E-state index contributed by atoms with van der Waals surface area (Å²) < 4.78 is 0. The van der Waals surface area contributed by atoms with Crippen molar-refractivity contribution in [3.8, 4) is 0 Å². The summed E-state index contributed by atoms with van der Waals surface area (Å²) in [5, 5.41) is 2.89. The van der Waals surface area contributed by atoms with Gasteiger partial charge in [-0.3, -0.25) is 4.79 Å². The molecule has 1 heterocycles. The molecule has 0 aromatic heterocycles. The lowest BCUT2D eigenvalue weighted by atomic mass is 9.97. The van der Waals surface area contributed by atoms with Crippen LogP contribution in [0.4, 0.5) is 0 Å². The number of amides is 1. The molecule has 0 fully saturated rings. The summed E-state index contributed by atoms with van der Waals surface area (Å²) in [6, 6.07) is 4.36. The Balaban J connectivity index is 2.46. The van der Waals surface area contributed by atoms with E-state index in [0.29, 0.717) is 6.42 Å². The molecule has 2 heteroatoms. The van der Waals surface area contributed by atoms with Gasteiger partial charge in [-0.1, -0.05) is 12.1 Å². The lowest BCUT2D eigenvalue weighted by Crippen LogP contribution is -2.24. The van der Waals surface area contributed by atoms with E-state index in [-0.39, 0.29) is 5.91 Å². The normalized spacial score (nSPS) is 15.7. The van der Waals surface area contributed by atoms with Gasteiger partial charge in [-0.2, -0.15) is 0 Å². The average Bonchev–Trinajstić information content (AvgIpc) is 2.28. The lowest BCUT2D eigenvalue weighted by Gasteiger charge is -2.08. The van der Waals surface area contributed by atoms with E-state index in [0.717, 1.165) is 13.0 Å². The third-order valence-corrected chi connectivity index (χ3v) is 2.88. The average molecular weight is 189 g/mol. The van der Waals surface area contributed by atoms with Crippen LogP contribution in [0.1, 0.15) is 22.3 Å². The van der Waals surface area contributed by atoms with Crippen LogP contribution in [0.2, 0.25) is 0 Å². The Bertz CT molecular complexity index is 382. The number of fused-ring (bicyclic) bond motifs is 1. The Morgan fingerprint density at radius 2 is 1.79 bits per heavy atom. The molecule has 0 aliphatic carbocycles. The maximum atomic E-state index is 11.3. The molecule has 1 aliphatic rings. The first kappa shape index (κ1) is 9.25. The highest BCUT2D eigenvalue weighted by molar-refractivity contribution is 5.79. The van der Waals surface area contributed by atoms with Crippen LogP contribution in [-0.2, 0) is 17.6 Å². The van der Waals surface area contributed by atoms with Crippen molar-refractivity contribution in [1.29, 1.82) is 0 Å². The smallest absolute Gasteiger partial charge is 0.224 e. The SMILES string of the molecule is Cc1cc2c(cc1C)CC(=O)NCC2. The lowest BCUT2D eigenvalue weighted by molar-refractivity contribution is -0.120. The topological polar surface area (TPSA) is 29.1 Å². The molecule has 0 saturated carbocycles. The van der Waals surface area contributed by atoms with Gasteiger partial charge >= 0.3 is 0 Å². The van der Waals surface area contributed by atoms with Crippen molar-refractivity contribution in [1.82, 2.24) is 5.32 Å². The molecular weight excluding hydrogens is 174 g/mol. The highest BCUT2D eigenvalue weighted by Crippen LogP contribution is 2.18. The van der Waals surface area contributed by atoms with Gasteiger partial charge in [0.1, 0.15) is 0 Å². The maximum absolute atomic E-state index is 11.3. The number of carbonyl (C=O) groups is 1. The largest absolute Gasteiger partial charge is 0.355 e. The number of hydrogen-bond acceptors (Lipinski definition) is 1. The van der Waals surface area contributed by atoms with Gasteiger partial charge in [-0.25, -0.2) is 0 Å². The molecule has 2 nitrogen and oxygen atoms in total. The van der Waals surface area contributed by atoms with Gasteiger partial charge in [0.15, 0.2) is 0 Å². The van der Waals surface area contributed by atoms with Crippen LogP contribution >= 0.6 is 0 Å². The van der Waals surface area contributed by atoms with Crippen LogP contribution in [0, 0.1) is 13.8 Å². The molecule has 0 saturated heterocycles. The second kappa shape index (κ2) is 3.45. The minimum absolute atomic E-state index is 0.145. The van der Waals surface area contributed by atoms with Crippen molar-refractivity contribution in [2.45, 2.75) is 26.7 Å². The van der Waals surface area contributed by atoms with Gasteiger partial charge in [0.2, 0.25) is 5.91 Å². The second-order valence-electron chi connectivity index (χ2n) is 3.98. The van der Waals surface area contributed by atoms with Crippen LogP contribution in [0.25, 0.3) is 0 Å². The number of rotatable bonds is 0. The third-order valence-electron chi connectivity index (χ3n) is 2.88. The summed E-state index contributed by atoms with van der Waals surface area (Å²) in [5.41, 5.74) is 5.12. The van der Waals surface area contributed by atoms with E-state index in [4.69, 9.17) is 0 Å². The molecule has 1 amide bonds. The Hall–Kier alpha value is -1.31. The summed E-state index contributed by atoms with van der Waals surface area (Å²) >= 11 is 0. The van der Waals surface area contributed by atoms with E-state index in [1.54, 1.807) is 0 Å². The van der Waals surface area contributed by atoms with Gasteiger partial charge < -0.3 is 5.32 Å². The molecule has 74 valence electrons. The number of aryl methyl sites for hydroxylation is 2. The van der Waals surface area contributed by atoms with E-state index in [9.17, 15) is 4.79 Å². The number of hydrogen-bond donors (Lipinski definition) is 1. The van der Waals surface area contributed by atoms with Crippen molar-refractivity contribution in [3.05, 3.63) is 34.4 Å². The molecule has 0 spiro atoms. The molecule has 0 bridgehead atoms. The fraction of sp³-hybridized carbons (Fsp3) is 0.417. The van der Waals surface area contributed by atoms with E-state index < -0.39 is 0 Å². The summed E-state index contributed by atoms with van der Waals surface area (Å²) in [4.78, 5) is 11.3. The predicted molar refractivity (Wildman–Crippen MR) is 56.3 cm³/mol. The predicted octanol–water partition coefficient (Wildman–Crippen LogP) is 1.52. The van der Waals surface area contributed by atoms with Crippen molar-refractivity contribution < 1.29 is 4.79 Å². The van der Waals surface area contributed by atoms with Crippen molar-refractivity contribution >= 4 is 5.91 Å². The van der Waals surface area contributed by atoms with Crippen molar-refractivity contribution in [2.24, 2.45) is 0 Å². The molecular formula is C12H15NO. The summed E-state index contributed by atoms with van der Waals surface area (Å²) in [7, 11) is 0. The summed E-state index contributed by atoms with van der Waals surface area (Å²) in [6.45, 7) is 4.99. The van der Waals surface area contributed by atoms with Gasteiger partial charge in [0, 0.05) is 6.54 Å². The first-order chi connectivity index (χ1) is 6.66. The molecule has 1 N–H and O–H groups in total. The van der Waals surface area contributed by atoms with Crippen molar-refractivity contribution in [3.63, 3.8) is 0 Å². The fourth-order valence-corrected chi connectivity index (χ4v) is 1.91. The molecule has 1 aromatic rings. The molecule has 14 heavy (non-hydrogen) atoms. The van der Waals surface area contributed by atoms with Crippen LogP contribution in [-0.4, -0.2) is 12.5 Å². The number of nitrogens with one attached hydrogen (secondary N) is 1. The standard InChI is InChI=1S/C12H15NO/c1-8-5-10-3-4-13-12(14)7-11(10)6-9(8)2/h5-6H,3-4,7H2,1-2H3,(H,13,14). The monoisotopic (exact) mass is 189 g/mol. The Kier molecular flexibility index (Phi) is 2.28. The second-order valence-corrected chi connectivity index (χ2v) is 3.98. The molecule has 1 aromatic carbocycles. The Morgan fingerprint density at radius 3 is 2.50 bits per heavy atom. The number of benzene rings is 1. The van der Waals surface area contributed by atoms with E-state index in [1.165, 1.54) is 22.3 Å². The van der Waals surface area contributed by atoms with Gasteiger partial charge in [0.25, 0.3) is 0 Å². The van der Waals surface area contributed by atoms with Gasteiger partial charge in [-0.05, 0) is 42.5 Å². The molecule has 1 aliphatic heterocycles. The third kappa shape index (κ3) is 1.65. The maximum Gasteiger partial charge on any atom is 0.224 e. The molecule has 0 atom stereocenters. The van der Waals surface area contributed by atoms with Gasteiger partial charge in [-0.15, -0.1) is 0 Å². The summed E-state index contributed by atoms with van der Waals surface area (Å²) in [5.74, 6) is 0.145. The van der Waals surface area contributed by atoms with E-state index in [2.05, 4.69) is 31.3 Å². The highest BCUT2D eigenvalue weighted by atomic mass is 16.1. The minimum atomic E-state index is 0.145. The zero-order valence-corrected chi connectivity index (χ0v) is 8.68. The van der Waals surface area contributed by atoms with Crippen molar-refractivity contribution in [2.75, 3.05) is 6.54 Å². The Morgan fingerprint density at radius 1 is 1.14 bits per heavy atom. The van der Waals surface area contributed by atoms with Crippen LogP contribution in [0.3, 0.4) is 0 Å². The minimum Gasteiger partial charge on any atom is -0.355 e. The fourth-order valence-electron chi connectivity index (χ4n) is 1.91. The summed E-state index contributed by atoms with van der Waals surface area (Å²) in [6.07, 6.45) is 1.50. The van der Waals surface area contributed by atoms with E-state index in [1.807, 2.05) is 0 Å². The van der Waals surface area contributed by atoms with Crippen LogP contribution in [0.15, 0.2) is 12.1 Å². The van der Waals surface area contributed by atoms with E-state index >= 15 is 0 Å². The Labute approximate surface area is 84.3 Å². The van der Waals surface area contributed by atoms with Crippen LogP contribution < -0.4 is 5.32 Å².